The van der Waals surface area contributed by atoms with Gasteiger partial charge in [-0.15, -0.1) is 0 Å². The van der Waals surface area contributed by atoms with Crippen LogP contribution in [0.5, 0.6) is 0 Å². The summed E-state index contributed by atoms with van der Waals surface area (Å²) in [6.07, 6.45) is 5.04. The van der Waals surface area contributed by atoms with Gasteiger partial charge in [0.05, 0.1) is 12.4 Å². The van der Waals surface area contributed by atoms with Crippen LogP contribution in [-0.4, -0.2) is 59.4 Å². The van der Waals surface area contributed by atoms with Gasteiger partial charge < -0.3 is 15.2 Å². The molecule has 2 rings (SSSR count). The van der Waals surface area contributed by atoms with Crippen LogP contribution in [0.15, 0.2) is 12.4 Å². The van der Waals surface area contributed by atoms with E-state index < -0.39 is 0 Å². The molecular weight excluding hydrogens is 256 g/mol. The maximum atomic E-state index is 12.3. The number of carbonyl (C=O) groups excluding carboxylic acids is 1. The standard InChI is InChI=1S/C13H22N6O/c1-18(2)9-10-3-5-19(6-4-10)13(20)11-7-15-8-12(16-11)17-14/h7-8,10H,3-6,9,14H2,1-2H3,(H,16,17). The van der Waals surface area contributed by atoms with Crippen LogP contribution < -0.4 is 11.3 Å². The first-order chi connectivity index (χ1) is 9.60. The Morgan fingerprint density at radius 2 is 2.15 bits per heavy atom. The van der Waals surface area contributed by atoms with Crippen LogP contribution in [0.3, 0.4) is 0 Å². The highest BCUT2D eigenvalue weighted by atomic mass is 16.2. The fraction of sp³-hybridized carbons (Fsp3) is 0.615. The van der Waals surface area contributed by atoms with Crippen molar-refractivity contribution in [1.82, 2.24) is 19.8 Å². The lowest BCUT2D eigenvalue weighted by atomic mass is 9.96. The normalized spacial score (nSPS) is 16.5. The highest BCUT2D eigenvalue weighted by Gasteiger charge is 2.24. The van der Waals surface area contributed by atoms with Crippen molar-refractivity contribution < 1.29 is 4.79 Å². The van der Waals surface area contributed by atoms with Crippen molar-refractivity contribution in [2.75, 3.05) is 39.2 Å². The van der Waals surface area contributed by atoms with Crippen LogP contribution in [0, 0.1) is 5.92 Å². The molecule has 1 aliphatic heterocycles. The second kappa shape index (κ2) is 6.62. The van der Waals surface area contributed by atoms with E-state index in [1.165, 1.54) is 12.4 Å². The summed E-state index contributed by atoms with van der Waals surface area (Å²) in [6.45, 7) is 2.63. The Kier molecular flexibility index (Phi) is 4.86. The summed E-state index contributed by atoms with van der Waals surface area (Å²) in [7, 11) is 4.16. The zero-order valence-corrected chi connectivity index (χ0v) is 12.0. The second-order valence-electron chi connectivity index (χ2n) is 5.43. The van der Waals surface area contributed by atoms with Gasteiger partial charge in [-0.05, 0) is 32.9 Å². The first-order valence-corrected chi connectivity index (χ1v) is 6.83. The molecule has 110 valence electrons. The monoisotopic (exact) mass is 278 g/mol. The maximum Gasteiger partial charge on any atom is 0.274 e. The van der Waals surface area contributed by atoms with Crippen molar-refractivity contribution in [3.8, 4) is 0 Å². The first kappa shape index (κ1) is 14.7. The third-order valence-corrected chi connectivity index (χ3v) is 3.53. The van der Waals surface area contributed by atoms with Crippen LogP contribution >= 0.6 is 0 Å². The number of piperidine rings is 1. The molecule has 2 heterocycles. The van der Waals surface area contributed by atoms with Gasteiger partial charge in [-0.2, -0.15) is 0 Å². The summed E-state index contributed by atoms with van der Waals surface area (Å²) in [6, 6.07) is 0. The van der Waals surface area contributed by atoms with E-state index in [1.54, 1.807) is 0 Å². The molecule has 0 bridgehead atoms. The van der Waals surface area contributed by atoms with Crippen LogP contribution in [0.2, 0.25) is 0 Å². The van der Waals surface area contributed by atoms with Gasteiger partial charge in [-0.3, -0.25) is 9.78 Å². The third-order valence-electron chi connectivity index (χ3n) is 3.53. The molecule has 0 atom stereocenters. The Labute approximate surface area is 119 Å². The molecular formula is C13H22N6O. The number of nitrogen functional groups attached to an aromatic ring is 1. The molecule has 1 saturated heterocycles. The number of nitrogens with two attached hydrogens (primary N) is 1. The number of rotatable bonds is 4. The molecule has 1 aromatic heterocycles. The van der Waals surface area contributed by atoms with Crippen molar-refractivity contribution in [2.45, 2.75) is 12.8 Å². The van der Waals surface area contributed by atoms with Gasteiger partial charge in [0.25, 0.3) is 5.91 Å². The quantitative estimate of drug-likeness (QED) is 0.603. The molecule has 0 spiro atoms. The molecule has 3 N–H and O–H groups in total. The molecule has 1 aromatic rings. The lowest BCUT2D eigenvalue weighted by Gasteiger charge is -2.33. The van der Waals surface area contributed by atoms with E-state index in [1.807, 2.05) is 4.90 Å². The van der Waals surface area contributed by atoms with Gasteiger partial charge >= 0.3 is 0 Å². The molecule has 0 unspecified atom stereocenters. The average molecular weight is 278 g/mol. The van der Waals surface area contributed by atoms with E-state index >= 15 is 0 Å². The number of nitrogens with zero attached hydrogens (tertiary/aromatic N) is 4. The number of carbonyl (C=O) groups is 1. The average Bonchev–Trinajstić information content (AvgIpc) is 2.47. The molecule has 1 fully saturated rings. The van der Waals surface area contributed by atoms with Crippen molar-refractivity contribution in [1.29, 1.82) is 0 Å². The minimum absolute atomic E-state index is 0.0714. The fourth-order valence-electron chi connectivity index (χ4n) is 2.54. The van der Waals surface area contributed by atoms with Crippen LogP contribution in [0.1, 0.15) is 23.3 Å². The van der Waals surface area contributed by atoms with Gasteiger partial charge in [0.2, 0.25) is 0 Å². The Hall–Kier alpha value is -1.73. The summed E-state index contributed by atoms with van der Waals surface area (Å²) >= 11 is 0. The molecule has 1 amide bonds. The molecule has 0 radical (unpaired) electrons. The highest BCUT2D eigenvalue weighted by molar-refractivity contribution is 5.92. The van der Waals surface area contributed by atoms with Crippen molar-refractivity contribution >= 4 is 11.7 Å². The Bertz CT molecular complexity index is 456. The number of likely N-dealkylation sites (tertiary alicyclic amines) is 1. The Balaban J connectivity index is 1.94. The van der Waals surface area contributed by atoms with Gasteiger partial charge in [0, 0.05) is 19.6 Å². The largest absolute Gasteiger partial charge is 0.337 e. The topological polar surface area (TPSA) is 87.4 Å². The van der Waals surface area contributed by atoms with Crippen molar-refractivity contribution in [2.24, 2.45) is 11.8 Å². The zero-order chi connectivity index (χ0) is 14.5. The highest BCUT2D eigenvalue weighted by Crippen LogP contribution is 2.19. The molecule has 20 heavy (non-hydrogen) atoms. The van der Waals surface area contributed by atoms with E-state index in [-0.39, 0.29) is 5.91 Å². The molecule has 1 aliphatic rings. The van der Waals surface area contributed by atoms with Crippen LogP contribution in [-0.2, 0) is 0 Å². The van der Waals surface area contributed by atoms with E-state index in [2.05, 4.69) is 34.4 Å². The molecule has 0 saturated carbocycles. The summed E-state index contributed by atoms with van der Waals surface area (Å²) in [5, 5.41) is 0. The number of hydrazine groups is 1. The van der Waals surface area contributed by atoms with Crippen LogP contribution in [0.25, 0.3) is 0 Å². The van der Waals surface area contributed by atoms with Crippen molar-refractivity contribution in [3.63, 3.8) is 0 Å². The smallest absolute Gasteiger partial charge is 0.274 e. The third kappa shape index (κ3) is 3.64. The minimum Gasteiger partial charge on any atom is -0.337 e. The van der Waals surface area contributed by atoms with Crippen molar-refractivity contribution in [3.05, 3.63) is 18.1 Å². The van der Waals surface area contributed by atoms with E-state index in [0.717, 1.165) is 32.5 Å². The molecule has 7 heteroatoms. The maximum absolute atomic E-state index is 12.3. The summed E-state index contributed by atoms with van der Waals surface area (Å²) in [5.41, 5.74) is 2.74. The number of hydrogen-bond acceptors (Lipinski definition) is 6. The molecule has 0 aliphatic carbocycles. The number of nitrogens with one attached hydrogen (secondary N) is 1. The number of anilines is 1. The zero-order valence-electron chi connectivity index (χ0n) is 12.0. The number of hydrogen-bond donors (Lipinski definition) is 2. The number of amides is 1. The Morgan fingerprint density at radius 1 is 1.45 bits per heavy atom. The summed E-state index contributed by atoms with van der Waals surface area (Å²) < 4.78 is 0. The van der Waals surface area contributed by atoms with Gasteiger partial charge in [-0.1, -0.05) is 0 Å². The van der Waals surface area contributed by atoms with Gasteiger partial charge in [0.15, 0.2) is 5.82 Å². The SMILES string of the molecule is CN(C)CC1CCN(C(=O)c2cncc(NN)n2)CC1. The van der Waals surface area contributed by atoms with E-state index in [4.69, 9.17) is 5.84 Å². The lowest BCUT2D eigenvalue weighted by molar-refractivity contribution is 0.0672. The van der Waals surface area contributed by atoms with E-state index in [9.17, 15) is 4.79 Å². The molecule has 7 nitrogen and oxygen atoms in total. The number of aromatic nitrogens is 2. The van der Waals surface area contributed by atoms with Gasteiger partial charge in [0.1, 0.15) is 5.69 Å². The second-order valence-corrected chi connectivity index (χ2v) is 5.43. The minimum atomic E-state index is -0.0714. The predicted molar refractivity (Wildman–Crippen MR) is 77.0 cm³/mol. The first-order valence-electron chi connectivity index (χ1n) is 6.83. The predicted octanol–water partition coefficient (Wildman–Crippen LogP) is 0.176. The Morgan fingerprint density at radius 3 is 2.75 bits per heavy atom. The fourth-order valence-corrected chi connectivity index (χ4v) is 2.54. The summed E-state index contributed by atoms with van der Waals surface area (Å²) in [4.78, 5) is 24.5. The van der Waals surface area contributed by atoms with Crippen LogP contribution in [0.4, 0.5) is 5.82 Å². The molecule has 0 aromatic carbocycles. The van der Waals surface area contributed by atoms with E-state index in [0.29, 0.717) is 17.4 Å². The summed E-state index contributed by atoms with van der Waals surface area (Å²) in [5.74, 6) is 6.27. The lowest BCUT2D eigenvalue weighted by Crippen LogP contribution is -2.41. The van der Waals surface area contributed by atoms with Gasteiger partial charge in [-0.25, -0.2) is 10.8 Å².